The number of carbonyl (C=O) groups excluding carboxylic acids is 1. The molecule has 0 aliphatic heterocycles. The van der Waals surface area contributed by atoms with Crippen molar-refractivity contribution in [1.29, 1.82) is 0 Å². The monoisotopic (exact) mass is 390 g/mol. The normalized spacial score (nSPS) is 18.2. The fourth-order valence-electron chi connectivity index (χ4n) is 3.58. The molecule has 7 heteroatoms. The Hall–Kier alpha value is -1.34. The highest BCUT2D eigenvalue weighted by Crippen LogP contribution is 2.39. The largest absolute Gasteiger partial charge is 0.353 e. The molecular formula is C19H26N4OS2. The summed E-state index contributed by atoms with van der Waals surface area (Å²) in [4.78, 5) is 13.5. The number of nitrogens with zero attached hydrogens (tertiary/aromatic N) is 3. The van der Waals surface area contributed by atoms with E-state index in [1.165, 1.54) is 37.0 Å². The molecule has 140 valence electrons. The van der Waals surface area contributed by atoms with Crippen LogP contribution in [-0.2, 0) is 11.2 Å². The number of thiophene rings is 1. The van der Waals surface area contributed by atoms with Crippen LogP contribution in [0.3, 0.4) is 0 Å². The van der Waals surface area contributed by atoms with Crippen molar-refractivity contribution in [3.05, 3.63) is 28.2 Å². The summed E-state index contributed by atoms with van der Waals surface area (Å²) in [6.45, 7) is 0. The maximum Gasteiger partial charge on any atom is 0.221 e. The van der Waals surface area contributed by atoms with E-state index in [0.29, 0.717) is 18.5 Å². The molecule has 2 heterocycles. The maximum absolute atomic E-state index is 12.2. The number of thioether (sulfide) groups is 1. The van der Waals surface area contributed by atoms with Gasteiger partial charge in [0.25, 0.3) is 0 Å². The molecule has 2 saturated carbocycles. The van der Waals surface area contributed by atoms with Crippen molar-refractivity contribution in [2.75, 3.05) is 5.75 Å². The third-order valence-corrected chi connectivity index (χ3v) is 6.91. The second-order valence-electron chi connectivity index (χ2n) is 7.26. The summed E-state index contributed by atoms with van der Waals surface area (Å²) in [5, 5.41) is 15.1. The van der Waals surface area contributed by atoms with E-state index in [4.69, 9.17) is 0 Å². The van der Waals surface area contributed by atoms with Gasteiger partial charge in [0.1, 0.15) is 5.82 Å². The van der Waals surface area contributed by atoms with E-state index < -0.39 is 0 Å². The quantitative estimate of drug-likeness (QED) is 0.687. The lowest BCUT2D eigenvalue weighted by Crippen LogP contribution is -2.36. The lowest BCUT2D eigenvalue weighted by Gasteiger charge is -2.22. The third kappa shape index (κ3) is 4.68. The summed E-state index contributed by atoms with van der Waals surface area (Å²) in [5.74, 6) is 2.01. The van der Waals surface area contributed by atoms with Crippen molar-refractivity contribution in [3.8, 4) is 0 Å². The number of carbonyl (C=O) groups is 1. The molecule has 0 atom stereocenters. The van der Waals surface area contributed by atoms with Crippen LogP contribution in [0.5, 0.6) is 0 Å². The van der Waals surface area contributed by atoms with Crippen molar-refractivity contribution >= 4 is 29.0 Å². The Kier molecular flexibility index (Phi) is 5.94. The van der Waals surface area contributed by atoms with Crippen molar-refractivity contribution in [2.24, 2.45) is 0 Å². The molecule has 0 radical (unpaired) electrons. The van der Waals surface area contributed by atoms with E-state index in [1.54, 1.807) is 23.1 Å². The first-order chi connectivity index (χ1) is 12.8. The van der Waals surface area contributed by atoms with E-state index in [2.05, 4.69) is 37.6 Å². The van der Waals surface area contributed by atoms with Gasteiger partial charge < -0.3 is 9.88 Å². The number of nitrogens with one attached hydrogen (secondary N) is 1. The molecule has 2 aliphatic carbocycles. The van der Waals surface area contributed by atoms with Gasteiger partial charge in [-0.25, -0.2) is 0 Å². The number of hydrogen-bond acceptors (Lipinski definition) is 5. The molecule has 0 aromatic carbocycles. The minimum absolute atomic E-state index is 0.181. The Morgan fingerprint density at radius 2 is 2.08 bits per heavy atom. The van der Waals surface area contributed by atoms with E-state index in [9.17, 15) is 4.79 Å². The molecule has 2 aliphatic rings. The molecular weight excluding hydrogens is 364 g/mol. The van der Waals surface area contributed by atoms with Crippen molar-refractivity contribution in [3.63, 3.8) is 0 Å². The van der Waals surface area contributed by atoms with Crippen LogP contribution in [0.1, 0.15) is 68.1 Å². The van der Waals surface area contributed by atoms with Gasteiger partial charge in [0.2, 0.25) is 5.91 Å². The minimum Gasteiger partial charge on any atom is -0.353 e. The predicted octanol–water partition coefficient (Wildman–Crippen LogP) is 4.20. The molecule has 1 amide bonds. The summed E-state index contributed by atoms with van der Waals surface area (Å²) < 4.78 is 2.31. The summed E-state index contributed by atoms with van der Waals surface area (Å²) in [6.07, 6.45) is 9.92. The summed E-state index contributed by atoms with van der Waals surface area (Å²) >= 11 is 3.44. The van der Waals surface area contributed by atoms with Crippen molar-refractivity contribution < 1.29 is 4.79 Å². The lowest BCUT2D eigenvalue weighted by atomic mass is 9.95. The molecule has 4 rings (SSSR count). The second kappa shape index (κ2) is 8.57. The van der Waals surface area contributed by atoms with Gasteiger partial charge in [-0.2, -0.15) is 0 Å². The molecule has 2 fully saturated rings. The van der Waals surface area contributed by atoms with Gasteiger partial charge in [-0.1, -0.05) is 37.1 Å². The molecule has 0 saturated heterocycles. The zero-order chi connectivity index (χ0) is 17.8. The van der Waals surface area contributed by atoms with E-state index in [0.717, 1.165) is 36.0 Å². The minimum atomic E-state index is 0.181. The van der Waals surface area contributed by atoms with Gasteiger partial charge in [-0.15, -0.1) is 21.5 Å². The molecule has 2 aromatic rings. The standard InChI is InChI=1S/C19H26N4OS2/c24-18(20-14-5-2-1-3-6-14)10-12-26-19-22-21-17(23(19)15-8-9-15)13-16-7-4-11-25-16/h4,7,11,14-15H,1-3,5-6,8-10,12-13H2,(H,20,24). The SMILES string of the molecule is O=C(CCSc1nnc(Cc2cccs2)n1C1CC1)NC1CCCCC1. The topological polar surface area (TPSA) is 59.8 Å². The molecule has 2 aromatic heterocycles. The van der Waals surface area contributed by atoms with Gasteiger partial charge in [0.15, 0.2) is 5.16 Å². The van der Waals surface area contributed by atoms with Gasteiger partial charge in [0, 0.05) is 35.6 Å². The summed E-state index contributed by atoms with van der Waals surface area (Å²) in [7, 11) is 0. The van der Waals surface area contributed by atoms with Crippen LogP contribution in [0.4, 0.5) is 0 Å². The predicted molar refractivity (Wildman–Crippen MR) is 106 cm³/mol. The van der Waals surface area contributed by atoms with Crippen LogP contribution in [-0.4, -0.2) is 32.5 Å². The molecule has 0 unspecified atom stereocenters. The van der Waals surface area contributed by atoms with Gasteiger partial charge in [-0.05, 0) is 37.1 Å². The highest BCUT2D eigenvalue weighted by atomic mass is 32.2. The maximum atomic E-state index is 12.2. The van der Waals surface area contributed by atoms with Crippen molar-refractivity contribution in [2.45, 2.75) is 75.0 Å². The number of amides is 1. The first kappa shape index (κ1) is 18.0. The Bertz CT molecular complexity index is 718. The Balaban J connectivity index is 1.30. The smallest absolute Gasteiger partial charge is 0.221 e. The fraction of sp³-hybridized carbons (Fsp3) is 0.632. The number of hydrogen-bond donors (Lipinski definition) is 1. The molecule has 26 heavy (non-hydrogen) atoms. The number of rotatable bonds is 8. The Labute approximate surface area is 163 Å². The first-order valence-electron chi connectivity index (χ1n) is 9.68. The van der Waals surface area contributed by atoms with E-state index >= 15 is 0 Å². The Morgan fingerprint density at radius 1 is 1.23 bits per heavy atom. The molecule has 1 N–H and O–H groups in total. The lowest BCUT2D eigenvalue weighted by molar-refractivity contribution is -0.121. The molecule has 0 spiro atoms. The fourth-order valence-corrected chi connectivity index (χ4v) is 5.24. The van der Waals surface area contributed by atoms with E-state index in [1.807, 2.05) is 0 Å². The summed E-state index contributed by atoms with van der Waals surface area (Å²) in [5.41, 5.74) is 0. The third-order valence-electron chi connectivity index (χ3n) is 5.09. The van der Waals surface area contributed by atoms with Crippen LogP contribution in [0.2, 0.25) is 0 Å². The second-order valence-corrected chi connectivity index (χ2v) is 9.35. The van der Waals surface area contributed by atoms with E-state index in [-0.39, 0.29) is 5.91 Å². The van der Waals surface area contributed by atoms with Gasteiger partial charge >= 0.3 is 0 Å². The number of aromatic nitrogens is 3. The van der Waals surface area contributed by atoms with Gasteiger partial charge in [-0.3, -0.25) is 4.79 Å². The van der Waals surface area contributed by atoms with Crippen LogP contribution < -0.4 is 5.32 Å². The van der Waals surface area contributed by atoms with Crippen LogP contribution in [0.15, 0.2) is 22.7 Å². The van der Waals surface area contributed by atoms with Gasteiger partial charge in [0.05, 0.1) is 0 Å². The van der Waals surface area contributed by atoms with Crippen LogP contribution >= 0.6 is 23.1 Å². The highest BCUT2D eigenvalue weighted by Gasteiger charge is 2.29. The summed E-state index contributed by atoms with van der Waals surface area (Å²) in [6, 6.07) is 5.18. The van der Waals surface area contributed by atoms with Crippen molar-refractivity contribution in [1.82, 2.24) is 20.1 Å². The zero-order valence-electron chi connectivity index (χ0n) is 15.0. The Morgan fingerprint density at radius 3 is 2.81 bits per heavy atom. The first-order valence-corrected chi connectivity index (χ1v) is 11.5. The molecule has 5 nitrogen and oxygen atoms in total. The zero-order valence-corrected chi connectivity index (χ0v) is 16.7. The van der Waals surface area contributed by atoms with Crippen LogP contribution in [0, 0.1) is 0 Å². The highest BCUT2D eigenvalue weighted by molar-refractivity contribution is 7.99. The average Bonchev–Trinajstić information content (AvgIpc) is 3.20. The average molecular weight is 391 g/mol. The molecule has 0 bridgehead atoms. The van der Waals surface area contributed by atoms with Crippen LogP contribution in [0.25, 0.3) is 0 Å².